The number of halogens is 5. The Hall–Kier alpha value is -2.57. The Labute approximate surface area is 147 Å². The molecule has 140 valence electrons. The third kappa shape index (κ3) is 4.33. The van der Waals surface area contributed by atoms with E-state index in [4.69, 9.17) is 4.74 Å². The van der Waals surface area contributed by atoms with Crippen LogP contribution in [0.2, 0.25) is 0 Å². The van der Waals surface area contributed by atoms with Crippen LogP contribution in [0.1, 0.15) is 18.9 Å². The van der Waals surface area contributed by atoms with E-state index in [-0.39, 0.29) is 17.9 Å². The molecule has 1 aliphatic carbocycles. The fourth-order valence-electron chi connectivity index (χ4n) is 2.36. The van der Waals surface area contributed by atoms with Crippen LogP contribution >= 0.6 is 0 Å². The number of rotatable bonds is 3. The fourth-order valence-corrected chi connectivity index (χ4v) is 2.36. The maximum absolute atomic E-state index is 14.7. The first-order valence-corrected chi connectivity index (χ1v) is 7.68. The lowest BCUT2D eigenvalue weighted by Gasteiger charge is -2.28. The van der Waals surface area contributed by atoms with E-state index in [0.29, 0.717) is 11.6 Å². The number of ether oxygens (including phenoxy) is 1. The molecule has 7 heteroatoms. The lowest BCUT2D eigenvalue weighted by molar-refractivity contribution is -0.0891. The molecule has 2 rings (SSSR count). The van der Waals surface area contributed by atoms with Gasteiger partial charge in [-0.2, -0.15) is 22.0 Å². The van der Waals surface area contributed by atoms with Crippen molar-refractivity contribution in [2.45, 2.75) is 31.5 Å². The summed E-state index contributed by atoms with van der Waals surface area (Å²) in [6.07, 6.45) is -2.07. The van der Waals surface area contributed by atoms with Crippen molar-refractivity contribution in [2.75, 3.05) is 0 Å². The molecule has 1 aromatic carbocycles. The van der Waals surface area contributed by atoms with Gasteiger partial charge in [-0.1, -0.05) is 36.9 Å². The maximum Gasteiger partial charge on any atom is 0.416 e. The van der Waals surface area contributed by atoms with E-state index >= 15 is 0 Å². The highest BCUT2D eigenvalue weighted by atomic mass is 19.4. The average Bonchev–Trinajstić information content (AvgIpc) is 2.60. The zero-order valence-electron chi connectivity index (χ0n) is 13.9. The Morgan fingerprint density at radius 2 is 2.00 bits per heavy atom. The van der Waals surface area contributed by atoms with Gasteiger partial charge in [0, 0.05) is 6.42 Å². The van der Waals surface area contributed by atoms with Crippen LogP contribution in [0.3, 0.4) is 0 Å². The van der Waals surface area contributed by atoms with Crippen LogP contribution in [0, 0.1) is 0 Å². The standard InChI is InChI=1S/C19H17F5O2/c1-3-13-8-9-15(25)16(11-13)26-17-7-5-4-6-14(19(22,23)24)10-12(2)18(17,20)21/h3-6,8-11,17,25H,1,7H2,2H3/b5-4+,12-10+,14-6+. The van der Waals surface area contributed by atoms with Gasteiger partial charge in [0.1, 0.15) is 0 Å². The van der Waals surface area contributed by atoms with Crippen molar-refractivity contribution in [1.82, 2.24) is 0 Å². The molecule has 2 nitrogen and oxygen atoms in total. The highest BCUT2D eigenvalue weighted by molar-refractivity contribution is 5.54. The summed E-state index contributed by atoms with van der Waals surface area (Å²) >= 11 is 0. The molecule has 0 aliphatic heterocycles. The first-order chi connectivity index (χ1) is 12.1. The Kier molecular flexibility index (Phi) is 5.59. The van der Waals surface area contributed by atoms with Crippen LogP contribution in [0.5, 0.6) is 11.5 Å². The minimum atomic E-state index is -4.75. The SMILES string of the molecule is C=Cc1ccc(O)c(OC2C/C=C/C=C(C(F)(F)F)\C=C(/C)C2(F)F)c1. The zero-order valence-corrected chi connectivity index (χ0v) is 13.9. The van der Waals surface area contributed by atoms with Crippen molar-refractivity contribution in [3.8, 4) is 11.5 Å². The lowest BCUT2D eigenvalue weighted by Crippen LogP contribution is -2.39. The van der Waals surface area contributed by atoms with Gasteiger partial charge >= 0.3 is 12.1 Å². The Morgan fingerprint density at radius 1 is 1.31 bits per heavy atom. The summed E-state index contributed by atoms with van der Waals surface area (Å²) in [6.45, 7) is 4.46. The van der Waals surface area contributed by atoms with Crippen LogP contribution in [0.15, 0.2) is 60.2 Å². The van der Waals surface area contributed by atoms with Gasteiger partial charge < -0.3 is 9.84 Å². The second kappa shape index (κ2) is 7.35. The molecule has 0 heterocycles. The molecule has 26 heavy (non-hydrogen) atoms. The van der Waals surface area contributed by atoms with E-state index in [2.05, 4.69) is 6.58 Å². The summed E-state index contributed by atoms with van der Waals surface area (Å²) in [5, 5.41) is 9.83. The van der Waals surface area contributed by atoms with Gasteiger partial charge in [0.25, 0.3) is 0 Å². The summed E-state index contributed by atoms with van der Waals surface area (Å²) in [5.41, 5.74) is -1.43. The molecule has 0 saturated heterocycles. The minimum Gasteiger partial charge on any atom is -0.504 e. The monoisotopic (exact) mass is 372 g/mol. The van der Waals surface area contributed by atoms with Crippen LogP contribution in [0.4, 0.5) is 22.0 Å². The van der Waals surface area contributed by atoms with E-state index in [9.17, 15) is 27.1 Å². The highest BCUT2D eigenvalue weighted by Crippen LogP contribution is 2.38. The molecule has 1 aromatic rings. The van der Waals surface area contributed by atoms with Gasteiger partial charge in [0.2, 0.25) is 0 Å². The smallest absolute Gasteiger partial charge is 0.416 e. The molecule has 1 aliphatic rings. The summed E-state index contributed by atoms with van der Waals surface area (Å²) in [7, 11) is 0. The topological polar surface area (TPSA) is 29.5 Å². The van der Waals surface area contributed by atoms with Crippen molar-refractivity contribution in [3.05, 3.63) is 65.8 Å². The molecular weight excluding hydrogens is 355 g/mol. The van der Waals surface area contributed by atoms with Crippen molar-refractivity contribution in [2.24, 2.45) is 0 Å². The summed E-state index contributed by atoms with van der Waals surface area (Å²) < 4.78 is 73.5. The van der Waals surface area contributed by atoms with Crippen molar-refractivity contribution >= 4 is 6.08 Å². The molecule has 0 saturated carbocycles. The summed E-state index contributed by atoms with van der Waals surface area (Å²) in [6, 6.07) is 4.11. The van der Waals surface area contributed by atoms with Gasteiger partial charge in [-0.25, -0.2) is 0 Å². The Balaban J connectivity index is 2.41. The molecule has 0 bridgehead atoms. The number of allylic oxidation sites excluding steroid dienone is 4. The van der Waals surface area contributed by atoms with Gasteiger partial charge in [0.05, 0.1) is 5.57 Å². The third-order valence-electron chi connectivity index (χ3n) is 3.88. The number of phenols is 1. The van der Waals surface area contributed by atoms with Crippen LogP contribution in [-0.4, -0.2) is 23.3 Å². The quantitative estimate of drug-likeness (QED) is 0.678. The first kappa shape index (κ1) is 19.8. The van der Waals surface area contributed by atoms with E-state index in [0.717, 1.165) is 19.1 Å². The molecule has 1 atom stereocenters. The fraction of sp³-hybridized carbons (Fsp3) is 0.263. The largest absolute Gasteiger partial charge is 0.504 e. The van der Waals surface area contributed by atoms with E-state index < -0.39 is 29.3 Å². The highest BCUT2D eigenvalue weighted by Gasteiger charge is 2.44. The predicted octanol–water partition coefficient (Wildman–Crippen LogP) is 5.81. The first-order valence-electron chi connectivity index (χ1n) is 7.68. The number of benzene rings is 1. The average molecular weight is 372 g/mol. The van der Waals surface area contributed by atoms with Gasteiger partial charge in [0.15, 0.2) is 17.6 Å². The van der Waals surface area contributed by atoms with Crippen molar-refractivity contribution < 1.29 is 31.8 Å². The third-order valence-corrected chi connectivity index (χ3v) is 3.88. The van der Waals surface area contributed by atoms with E-state index in [1.54, 1.807) is 0 Å². The van der Waals surface area contributed by atoms with Crippen molar-refractivity contribution in [1.29, 1.82) is 0 Å². The van der Waals surface area contributed by atoms with Gasteiger partial charge in [-0.15, -0.1) is 0 Å². The second-order valence-electron chi connectivity index (χ2n) is 5.77. The number of hydrogen-bond acceptors (Lipinski definition) is 2. The van der Waals surface area contributed by atoms with E-state index in [1.807, 2.05) is 0 Å². The van der Waals surface area contributed by atoms with Gasteiger partial charge in [-0.3, -0.25) is 0 Å². The van der Waals surface area contributed by atoms with E-state index in [1.165, 1.54) is 30.4 Å². The number of aromatic hydroxyl groups is 1. The molecule has 0 spiro atoms. The molecule has 0 fully saturated rings. The number of phenolic OH excluding ortho intramolecular Hbond substituents is 1. The molecule has 0 amide bonds. The van der Waals surface area contributed by atoms with Crippen molar-refractivity contribution in [3.63, 3.8) is 0 Å². The summed E-state index contributed by atoms with van der Waals surface area (Å²) in [5.74, 6) is -4.24. The number of alkyl halides is 5. The van der Waals surface area contributed by atoms with Crippen LogP contribution < -0.4 is 4.74 Å². The maximum atomic E-state index is 14.7. The molecule has 0 aromatic heterocycles. The Bertz CT molecular complexity index is 773. The normalized spacial score (nSPS) is 25.5. The molecular formula is C19H17F5O2. The minimum absolute atomic E-state index is 0.198. The van der Waals surface area contributed by atoms with Gasteiger partial charge in [-0.05, 0) is 36.3 Å². The van der Waals surface area contributed by atoms with Crippen LogP contribution in [0.25, 0.3) is 6.08 Å². The predicted molar refractivity (Wildman–Crippen MR) is 89.2 cm³/mol. The summed E-state index contributed by atoms with van der Waals surface area (Å²) in [4.78, 5) is 0. The zero-order chi connectivity index (χ0) is 19.5. The molecule has 0 radical (unpaired) electrons. The molecule has 1 unspecified atom stereocenters. The lowest BCUT2D eigenvalue weighted by atomic mass is 10.00. The molecule has 1 N–H and O–H groups in total. The number of hydrogen-bond donors (Lipinski definition) is 1. The second-order valence-corrected chi connectivity index (χ2v) is 5.77. The van der Waals surface area contributed by atoms with Crippen LogP contribution in [-0.2, 0) is 0 Å². The Morgan fingerprint density at radius 3 is 2.62 bits per heavy atom.